The van der Waals surface area contributed by atoms with E-state index in [4.69, 9.17) is 10.0 Å². The highest BCUT2D eigenvalue weighted by molar-refractivity contribution is 7.92. The predicted molar refractivity (Wildman–Crippen MR) is 118 cm³/mol. The maximum atomic E-state index is 11.8. The molecule has 8 heteroatoms. The molecule has 4 rings (SSSR count). The molecule has 0 aromatic heterocycles. The van der Waals surface area contributed by atoms with Crippen LogP contribution >= 0.6 is 0 Å². The molecule has 0 spiro atoms. The zero-order chi connectivity index (χ0) is 22.0. The summed E-state index contributed by atoms with van der Waals surface area (Å²) in [5.74, 6) is -0.681. The molecule has 1 amide bonds. The number of oxime groups is 1. The van der Waals surface area contributed by atoms with E-state index in [1.54, 1.807) is 5.48 Å². The summed E-state index contributed by atoms with van der Waals surface area (Å²) in [6.45, 7) is 0.200. The highest BCUT2D eigenvalue weighted by Crippen LogP contribution is 2.47. The number of nitrogens with one attached hydrogen (secondary N) is 1. The van der Waals surface area contributed by atoms with E-state index in [0.29, 0.717) is 6.42 Å². The molecule has 0 bridgehead atoms. The first-order chi connectivity index (χ1) is 15.0. The second-order valence-corrected chi connectivity index (χ2v) is 9.83. The van der Waals surface area contributed by atoms with Gasteiger partial charge in [-0.2, -0.15) is 0 Å². The maximum absolute atomic E-state index is 11.8. The van der Waals surface area contributed by atoms with Gasteiger partial charge in [-0.3, -0.25) is 10.0 Å². The Labute approximate surface area is 184 Å². The minimum Gasteiger partial charge on any atom is -0.616 e. The first-order valence-corrected chi connectivity index (χ1v) is 11.9. The smallest absolute Gasteiger partial charge is 0.296 e. The van der Waals surface area contributed by atoms with Crippen LogP contribution in [0.15, 0.2) is 53.7 Å². The lowest BCUT2D eigenvalue weighted by Gasteiger charge is -2.18. The second-order valence-electron chi connectivity index (χ2n) is 8.26. The van der Waals surface area contributed by atoms with Gasteiger partial charge in [0.25, 0.3) is 5.91 Å². The van der Waals surface area contributed by atoms with Crippen LogP contribution in [0.3, 0.4) is 0 Å². The molecule has 3 N–H and O–H groups in total. The SMILES string of the molecule is C[S+]([O-])C(CC1CC(c2ccc(-c3ccc(C4(CO)CC4)cc3)cc2)=NO1)C(=O)NO. The van der Waals surface area contributed by atoms with Gasteiger partial charge in [0.1, 0.15) is 6.10 Å². The molecule has 2 aliphatic rings. The van der Waals surface area contributed by atoms with Gasteiger partial charge in [-0.25, -0.2) is 5.48 Å². The van der Waals surface area contributed by atoms with Crippen molar-refractivity contribution in [2.75, 3.05) is 12.9 Å². The van der Waals surface area contributed by atoms with Gasteiger partial charge in [0.15, 0.2) is 5.25 Å². The van der Waals surface area contributed by atoms with Gasteiger partial charge in [0, 0.05) is 18.3 Å². The molecule has 2 aromatic rings. The molecule has 1 aliphatic carbocycles. The molecule has 0 radical (unpaired) electrons. The molecule has 7 nitrogen and oxygen atoms in total. The Hall–Kier alpha value is -2.39. The number of hydroxylamine groups is 1. The van der Waals surface area contributed by atoms with Gasteiger partial charge < -0.3 is 14.5 Å². The lowest BCUT2D eigenvalue weighted by atomic mass is 9.94. The zero-order valence-corrected chi connectivity index (χ0v) is 18.1. The summed E-state index contributed by atoms with van der Waals surface area (Å²) < 4.78 is 11.8. The Balaban J connectivity index is 1.39. The number of nitrogens with zero attached hydrogens (tertiary/aromatic N) is 1. The normalized spacial score (nSPS) is 21.0. The van der Waals surface area contributed by atoms with Crippen LogP contribution in [0.4, 0.5) is 0 Å². The highest BCUT2D eigenvalue weighted by atomic mass is 32.2. The number of hydrogen-bond acceptors (Lipinski definition) is 6. The third kappa shape index (κ3) is 4.62. The van der Waals surface area contributed by atoms with Crippen molar-refractivity contribution in [1.82, 2.24) is 5.48 Å². The number of benzene rings is 2. The third-order valence-corrected chi connectivity index (χ3v) is 7.43. The molecule has 31 heavy (non-hydrogen) atoms. The summed E-state index contributed by atoms with van der Waals surface area (Å²) in [5, 5.41) is 21.7. The molecule has 2 aromatic carbocycles. The van der Waals surface area contributed by atoms with Crippen LogP contribution < -0.4 is 5.48 Å². The van der Waals surface area contributed by atoms with Crippen molar-refractivity contribution in [2.45, 2.75) is 42.5 Å². The summed E-state index contributed by atoms with van der Waals surface area (Å²) >= 11 is -1.43. The van der Waals surface area contributed by atoms with Gasteiger partial charge in [-0.05, 0) is 46.3 Å². The van der Waals surface area contributed by atoms with E-state index in [-0.39, 0.29) is 24.5 Å². The van der Waals surface area contributed by atoms with E-state index in [2.05, 4.69) is 29.4 Å². The first-order valence-electron chi connectivity index (χ1n) is 10.3. The summed E-state index contributed by atoms with van der Waals surface area (Å²) in [7, 11) is 0. The van der Waals surface area contributed by atoms with E-state index in [1.807, 2.05) is 24.3 Å². The first kappa shape index (κ1) is 21.8. The zero-order valence-electron chi connectivity index (χ0n) is 17.3. The molecule has 1 heterocycles. The van der Waals surface area contributed by atoms with Crippen molar-refractivity contribution in [1.29, 1.82) is 0 Å². The van der Waals surface area contributed by atoms with Crippen LogP contribution in [0.5, 0.6) is 0 Å². The molecule has 3 unspecified atom stereocenters. The lowest BCUT2D eigenvalue weighted by molar-refractivity contribution is -0.129. The number of aliphatic hydroxyl groups excluding tert-OH is 1. The Morgan fingerprint density at radius 2 is 1.77 bits per heavy atom. The Kier molecular flexibility index (Phi) is 6.34. The second kappa shape index (κ2) is 9.00. The van der Waals surface area contributed by atoms with E-state index in [0.717, 1.165) is 35.2 Å². The lowest BCUT2D eigenvalue weighted by Crippen LogP contribution is -2.40. The third-order valence-electron chi connectivity index (χ3n) is 6.22. The van der Waals surface area contributed by atoms with Gasteiger partial charge >= 0.3 is 0 Å². The standard InChI is InChI=1S/C23H26N2O5S/c1-31(29)21(22(27)24-28)13-19-12-20(25-30-19)17-4-2-15(3-5-17)16-6-8-18(9-7-16)23(14-26)10-11-23/h2-9,19,21,26,28H,10-14H2,1H3,(H,24,27). The van der Waals surface area contributed by atoms with Gasteiger partial charge in [-0.15, -0.1) is 0 Å². The largest absolute Gasteiger partial charge is 0.616 e. The van der Waals surface area contributed by atoms with Crippen LogP contribution in [0.2, 0.25) is 0 Å². The molecular weight excluding hydrogens is 416 g/mol. The number of rotatable bonds is 8. The molecule has 0 saturated heterocycles. The van der Waals surface area contributed by atoms with Crippen molar-refractivity contribution in [3.63, 3.8) is 0 Å². The number of amides is 1. The van der Waals surface area contributed by atoms with Gasteiger partial charge in [0.2, 0.25) is 0 Å². The van der Waals surface area contributed by atoms with Crippen molar-refractivity contribution in [2.24, 2.45) is 5.16 Å². The number of hydrogen-bond donors (Lipinski definition) is 3. The fraction of sp³-hybridized carbons (Fsp3) is 0.391. The Morgan fingerprint density at radius 1 is 1.19 bits per heavy atom. The van der Waals surface area contributed by atoms with Crippen LogP contribution in [0.1, 0.15) is 36.8 Å². The van der Waals surface area contributed by atoms with E-state index < -0.39 is 22.3 Å². The monoisotopic (exact) mass is 442 g/mol. The predicted octanol–water partition coefficient (Wildman–Crippen LogP) is 2.51. The summed E-state index contributed by atoms with van der Waals surface area (Å²) in [5.41, 5.74) is 6.63. The molecule has 3 atom stereocenters. The highest BCUT2D eigenvalue weighted by Gasteiger charge is 2.43. The van der Waals surface area contributed by atoms with E-state index in [9.17, 15) is 14.5 Å². The quantitative estimate of drug-likeness (QED) is 0.330. The number of aliphatic hydroxyl groups is 1. The summed E-state index contributed by atoms with van der Waals surface area (Å²) in [6.07, 6.45) is 3.86. The van der Waals surface area contributed by atoms with Crippen LogP contribution in [0.25, 0.3) is 11.1 Å². The topological polar surface area (TPSA) is 114 Å². The summed E-state index contributed by atoms with van der Waals surface area (Å²) in [4.78, 5) is 17.1. The van der Waals surface area contributed by atoms with Gasteiger partial charge in [0.05, 0.1) is 18.6 Å². The minimum atomic E-state index is -1.43. The fourth-order valence-electron chi connectivity index (χ4n) is 3.99. The van der Waals surface area contributed by atoms with Crippen LogP contribution in [0, 0.1) is 0 Å². The maximum Gasteiger partial charge on any atom is 0.296 e. The summed E-state index contributed by atoms with van der Waals surface area (Å²) in [6, 6.07) is 16.4. The number of carbonyl (C=O) groups excluding carboxylic acids is 1. The Bertz CT molecular complexity index is 955. The van der Waals surface area contributed by atoms with Crippen molar-refractivity contribution < 1.29 is 24.5 Å². The molecular formula is C23H26N2O5S. The average molecular weight is 443 g/mol. The van der Waals surface area contributed by atoms with E-state index >= 15 is 0 Å². The van der Waals surface area contributed by atoms with Crippen LogP contribution in [-0.2, 0) is 26.2 Å². The Morgan fingerprint density at radius 3 is 2.29 bits per heavy atom. The molecule has 1 fully saturated rings. The fourth-order valence-corrected chi connectivity index (χ4v) is 4.83. The van der Waals surface area contributed by atoms with Gasteiger partial charge in [-0.1, -0.05) is 53.7 Å². The van der Waals surface area contributed by atoms with Crippen molar-refractivity contribution >= 4 is 22.8 Å². The molecule has 164 valence electrons. The minimum absolute atomic E-state index is 0.0270. The van der Waals surface area contributed by atoms with E-state index in [1.165, 1.54) is 11.8 Å². The van der Waals surface area contributed by atoms with Crippen molar-refractivity contribution in [3.8, 4) is 11.1 Å². The average Bonchev–Trinajstić information content (AvgIpc) is 3.47. The van der Waals surface area contributed by atoms with Crippen LogP contribution in [-0.4, -0.2) is 50.7 Å². The molecule has 1 aliphatic heterocycles. The van der Waals surface area contributed by atoms with Crippen molar-refractivity contribution in [3.05, 3.63) is 59.7 Å². The number of carbonyl (C=O) groups is 1. The molecule has 1 saturated carbocycles.